The maximum absolute atomic E-state index is 13.1. The second-order valence-corrected chi connectivity index (χ2v) is 6.95. The summed E-state index contributed by atoms with van der Waals surface area (Å²) in [5.41, 5.74) is 2.80. The van der Waals surface area contributed by atoms with Crippen LogP contribution in [-0.4, -0.2) is 38.2 Å². The van der Waals surface area contributed by atoms with Gasteiger partial charge >= 0.3 is 0 Å². The number of anilines is 1. The highest BCUT2D eigenvalue weighted by Crippen LogP contribution is 2.39. The van der Waals surface area contributed by atoms with Crippen LogP contribution in [0.5, 0.6) is 0 Å². The molecule has 0 saturated heterocycles. The lowest BCUT2D eigenvalue weighted by molar-refractivity contribution is 0.380. The van der Waals surface area contributed by atoms with Gasteiger partial charge in [-0.05, 0) is 25.0 Å². The minimum atomic E-state index is -0.0792. The Hall–Kier alpha value is -3.16. The van der Waals surface area contributed by atoms with Gasteiger partial charge in [0.15, 0.2) is 11.3 Å². The molecule has 8 heteroatoms. The summed E-state index contributed by atoms with van der Waals surface area (Å²) >= 11 is 0. The molecule has 0 amide bonds. The molecule has 8 nitrogen and oxygen atoms in total. The van der Waals surface area contributed by atoms with Crippen molar-refractivity contribution in [1.82, 2.24) is 24.1 Å². The van der Waals surface area contributed by atoms with Crippen molar-refractivity contribution >= 4 is 22.2 Å². The Bertz CT molecular complexity index is 1210. The number of benzene rings is 1. The topological polar surface area (TPSA) is 81.5 Å². The van der Waals surface area contributed by atoms with Crippen LogP contribution in [0.1, 0.15) is 24.7 Å². The Morgan fingerprint density at radius 3 is 2.81 bits per heavy atom. The lowest BCUT2D eigenvalue weighted by atomic mass is 10.2. The Balaban J connectivity index is 1.83. The van der Waals surface area contributed by atoms with Gasteiger partial charge in [0.2, 0.25) is 11.7 Å². The number of imidazole rings is 1. The maximum atomic E-state index is 13.1. The fraction of sp³-hybridized carbons (Fsp3) is 0.333. The summed E-state index contributed by atoms with van der Waals surface area (Å²) in [5, 5.41) is 4.74. The Labute approximate surface area is 148 Å². The second-order valence-electron chi connectivity index (χ2n) is 6.95. The van der Waals surface area contributed by atoms with Crippen molar-refractivity contribution < 1.29 is 4.52 Å². The van der Waals surface area contributed by atoms with Gasteiger partial charge in [0.05, 0.1) is 16.6 Å². The summed E-state index contributed by atoms with van der Waals surface area (Å²) in [5.74, 6) is 1.45. The first kappa shape index (κ1) is 15.1. The van der Waals surface area contributed by atoms with E-state index in [9.17, 15) is 4.79 Å². The van der Waals surface area contributed by atoms with Crippen LogP contribution in [-0.2, 0) is 7.05 Å². The van der Waals surface area contributed by atoms with E-state index in [0.717, 1.165) is 24.0 Å². The predicted molar refractivity (Wildman–Crippen MR) is 97.5 cm³/mol. The molecule has 1 saturated carbocycles. The van der Waals surface area contributed by atoms with Gasteiger partial charge in [-0.1, -0.05) is 11.2 Å². The molecular formula is C18H18N6O2. The highest BCUT2D eigenvalue weighted by Gasteiger charge is 2.30. The molecule has 0 atom stereocenters. The molecule has 0 N–H and O–H groups in total. The fourth-order valence-corrected chi connectivity index (χ4v) is 3.41. The maximum Gasteiger partial charge on any atom is 0.263 e. The molecule has 132 valence electrons. The summed E-state index contributed by atoms with van der Waals surface area (Å²) in [4.78, 5) is 24.0. The van der Waals surface area contributed by atoms with Crippen molar-refractivity contribution in [3.63, 3.8) is 0 Å². The number of fused-ring (bicyclic) bond motifs is 3. The summed E-state index contributed by atoms with van der Waals surface area (Å²) in [6.45, 7) is 0. The van der Waals surface area contributed by atoms with Crippen LogP contribution in [0.25, 0.3) is 28.1 Å². The lowest BCUT2D eigenvalue weighted by Crippen LogP contribution is -2.22. The molecule has 1 fully saturated rings. The van der Waals surface area contributed by atoms with Crippen LogP contribution in [0.4, 0.5) is 5.69 Å². The number of aryl methyl sites for hydroxylation is 1. The number of rotatable bonds is 3. The normalized spacial score (nSPS) is 14.4. The van der Waals surface area contributed by atoms with E-state index in [4.69, 9.17) is 4.52 Å². The molecule has 0 spiro atoms. The van der Waals surface area contributed by atoms with Crippen LogP contribution in [0.3, 0.4) is 0 Å². The van der Waals surface area contributed by atoms with Crippen molar-refractivity contribution in [2.45, 2.75) is 18.8 Å². The fourth-order valence-electron chi connectivity index (χ4n) is 3.41. The van der Waals surface area contributed by atoms with Crippen molar-refractivity contribution in [3.05, 3.63) is 40.8 Å². The smallest absolute Gasteiger partial charge is 0.263 e. The number of hydrogen-bond acceptors (Lipinski definition) is 6. The Morgan fingerprint density at radius 2 is 2.08 bits per heavy atom. The van der Waals surface area contributed by atoms with E-state index in [1.54, 1.807) is 17.9 Å². The summed E-state index contributed by atoms with van der Waals surface area (Å²) in [6.07, 6.45) is 3.88. The van der Waals surface area contributed by atoms with E-state index in [2.05, 4.69) is 15.1 Å². The van der Waals surface area contributed by atoms with Crippen LogP contribution in [0, 0.1) is 0 Å². The third-order valence-electron chi connectivity index (χ3n) is 4.92. The third-order valence-corrected chi connectivity index (χ3v) is 4.92. The first-order chi connectivity index (χ1) is 12.6. The molecule has 1 aliphatic carbocycles. The third kappa shape index (κ3) is 2.01. The average molecular weight is 350 g/mol. The molecule has 0 radical (unpaired) electrons. The van der Waals surface area contributed by atoms with E-state index in [1.165, 1.54) is 0 Å². The first-order valence-electron chi connectivity index (χ1n) is 8.56. The number of aromatic nitrogens is 5. The Kier molecular flexibility index (Phi) is 3.01. The molecule has 0 bridgehead atoms. The number of hydrogen-bond donors (Lipinski definition) is 0. The average Bonchev–Trinajstić information content (AvgIpc) is 3.20. The minimum Gasteiger partial charge on any atom is -0.377 e. The molecule has 4 aromatic rings. The minimum absolute atomic E-state index is 0.0792. The molecule has 26 heavy (non-hydrogen) atoms. The molecule has 0 unspecified atom stereocenters. The zero-order valence-corrected chi connectivity index (χ0v) is 14.8. The van der Waals surface area contributed by atoms with E-state index in [0.29, 0.717) is 34.4 Å². The van der Waals surface area contributed by atoms with Gasteiger partial charge in [-0.3, -0.25) is 13.8 Å². The summed E-state index contributed by atoms with van der Waals surface area (Å²) < 4.78 is 8.88. The van der Waals surface area contributed by atoms with Crippen LogP contribution in [0.15, 0.2) is 33.8 Å². The van der Waals surface area contributed by atoms with E-state index in [-0.39, 0.29) is 5.56 Å². The van der Waals surface area contributed by atoms with E-state index >= 15 is 0 Å². The molecule has 1 aromatic carbocycles. The van der Waals surface area contributed by atoms with Gasteiger partial charge in [0.25, 0.3) is 5.56 Å². The summed E-state index contributed by atoms with van der Waals surface area (Å²) in [7, 11) is 5.60. The highest BCUT2D eigenvalue weighted by atomic mass is 16.5. The molecule has 1 aliphatic rings. The standard InChI is InChI=1S/C18H18N6O2/c1-22(2)11-5-4-6-12-13(11)18(25)23(3)17-14(19-9-24(12)17)15-20-16(26-21-15)10-7-8-10/h4-6,9-10H,7-8H2,1-3H3. The SMILES string of the molecule is CN(C)c1cccc2c1c(=O)n(C)c1c(-c3noc(C4CC4)n3)ncn21. The second kappa shape index (κ2) is 5.17. The van der Waals surface area contributed by atoms with Gasteiger partial charge in [-0.15, -0.1) is 0 Å². The van der Waals surface area contributed by atoms with Gasteiger partial charge in [0, 0.05) is 27.1 Å². The van der Waals surface area contributed by atoms with Crippen LogP contribution >= 0.6 is 0 Å². The van der Waals surface area contributed by atoms with Crippen LogP contribution in [0.2, 0.25) is 0 Å². The zero-order chi connectivity index (χ0) is 18.0. The van der Waals surface area contributed by atoms with Gasteiger partial charge in [-0.2, -0.15) is 4.98 Å². The molecule has 3 aromatic heterocycles. The van der Waals surface area contributed by atoms with E-state index in [1.807, 2.05) is 41.6 Å². The number of nitrogens with zero attached hydrogens (tertiary/aromatic N) is 6. The van der Waals surface area contributed by atoms with Crippen molar-refractivity contribution in [2.75, 3.05) is 19.0 Å². The van der Waals surface area contributed by atoms with Gasteiger partial charge in [-0.25, -0.2) is 4.98 Å². The quantitative estimate of drug-likeness (QED) is 0.563. The van der Waals surface area contributed by atoms with E-state index < -0.39 is 0 Å². The predicted octanol–water partition coefficient (Wildman–Crippen LogP) is 2.18. The van der Waals surface area contributed by atoms with Gasteiger partial charge < -0.3 is 9.42 Å². The van der Waals surface area contributed by atoms with Gasteiger partial charge in [0.1, 0.15) is 6.33 Å². The molecule has 5 rings (SSSR count). The lowest BCUT2D eigenvalue weighted by Gasteiger charge is -2.16. The zero-order valence-electron chi connectivity index (χ0n) is 14.8. The Morgan fingerprint density at radius 1 is 1.27 bits per heavy atom. The van der Waals surface area contributed by atoms with Crippen molar-refractivity contribution in [3.8, 4) is 11.5 Å². The molecule has 0 aliphatic heterocycles. The highest BCUT2D eigenvalue weighted by molar-refractivity contribution is 5.93. The van der Waals surface area contributed by atoms with Crippen molar-refractivity contribution in [2.24, 2.45) is 7.05 Å². The first-order valence-corrected chi connectivity index (χ1v) is 8.56. The summed E-state index contributed by atoms with van der Waals surface area (Å²) in [6, 6.07) is 5.80. The monoisotopic (exact) mass is 350 g/mol. The van der Waals surface area contributed by atoms with Crippen LogP contribution < -0.4 is 10.5 Å². The molecular weight excluding hydrogens is 332 g/mol. The van der Waals surface area contributed by atoms with Crippen molar-refractivity contribution in [1.29, 1.82) is 0 Å². The molecule has 3 heterocycles. The largest absolute Gasteiger partial charge is 0.377 e.